The zero-order chi connectivity index (χ0) is 54.2. The van der Waals surface area contributed by atoms with E-state index in [0.29, 0.717) is 23.9 Å². The summed E-state index contributed by atoms with van der Waals surface area (Å²) in [7, 11) is 1.63. The van der Waals surface area contributed by atoms with Crippen LogP contribution >= 0.6 is 7.82 Å². The van der Waals surface area contributed by atoms with Crippen LogP contribution in [0.5, 0.6) is 0 Å². The number of quaternary nitrogens is 1. The van der Waals surface area contributed by atoms with Crippen LogP contribution in [-0.2, 0) is 18.4 Å². The summed E-state index contributed by atoms with van der Waals surface area (Å²) in [5, 5.41) is 14.1. The largest absolute Gasteiger partial charge is 0.472 e. The fourth-order valence-electron chi connectivity index (χ4n) is 10.3. The first-order valence-corrected chi connectivity index (χ1v) is 34.5. The fourth-order valence-corrected chi connectivity index (χ4v) is 11.1. The summed E-state index contributed by atoms with van der Waals surface area (Å²) in [5.74, 6) is -0.137. The van der Waals surface area contributed by atoms with Crippen molar-refractivity contribution in [3.05, 3.63) is 12.2 Å². The molecule has 0 aromatic heterocycles. The zero-order valence-electron chi connectivity index (χ0n) is 50.6. The van der Waals surface area contributed by atoms with Crippen LogP contribution in [0.15, 0.2) is 12.2 Å². The molecule has 0 heterocycles. The van der Waals surface area contributed by atoms with Crippen LogP contribution in [0.3, 0.4) is 0 Å². The number of aliphatic hydroxyl groups is 1. The number of carbonyl (C=O) groups excluding carboxylic acids is 1. The molecule has 0 saturated carbocycles. The molecular formula is C65H132N2O6P+. The molecule has 8 nitrogen and oxygen atoms in total. The van der Waals surface area contributed by atoms with E-state index in [2.05, 4.69) is 31.3 Å². The first-order chi connectivity index (χ1) is 36.0. The van der Waals surface area contributed by atoms with E-state index in [1.165, 1.54) is 283 Å². The Morgan fingerprint density at radius 2 is 0.730 bits per heavy atom. The van der Waals surface area contributed by atoms with Gasteiger partial charge in [0, 0.05) is 6.42 Å². The second-order valence-corrected chi connectivity index (χ2v) is 25.7. The predicted octanol–water partition coefficient (Wildman–Crippen LogP) is 20.6. The Kier molecular flexibility index (Phi) is 56.4. The average molecular weight is 1070 g/mol. The number of carbonyl (C=O) groups is 1. The van der Waals surface area contributed by atoms with Crippen molar-refractivity contribution in [1.82, 2.24) is 5.32 Å². The van der Waals surface area contributed by atoms with Crippen LogP contribution in [0.4, 0.5) is 0 Å². The Morgan fingerprint density at radius 1 is 0.446 bits per heavy atom. The third-order valence-electron chi connectivity index (χ3n) is 15.5. The highest BCUT2D eigenvalue weighted by atomic mass is 31.2. The van der Waals surface area contributed by atoms with Crippen molar-refractivity contribution in [2.75, 3.05) is 40.9 Å². The summed E-state index contributed by atoms with van der Waals surface area (Å²) in [5.41, 5.74) is 0. The maximum Gasteiger partial charge on any atom is 0.472 e. The van der Waals surface area contributed by atoms with Gasteiger partial charge in [-0.3, -0.25) is 13.8 Å². The van der Waals surface area contributed by atoms with Gasteiger partial charge in [0.2, 0.25) is 5.91 Å². The van der Waals surface area contributed by atoms with Crippen LogP contribution in [0, 0.1) is 0 Å². The molecule has 3 N–H and O–H groups in total. The zero-order valence-corrected chi connectivity index (χ0v) is 51.5. The molecule has 0 fully saturated rings. The van der Waals surface area contributed by atoms with E-state index < -0.39 is 20.0 Å². The molecule has 0 aliphatic heterocycles. The summed E-state index contributed by atoms with van der Waals surface area (Å²) in [6.07, 6.45) is 71.6. The molecule has 3 atom stereocenters. The number of nitrogens with one attached hydrogen (secondary N) is 1. The molecule has 0 spiro atoms. The first kappa shape index (κ1) is 73.2. The van der Waals surface area contributed by atoms with Crippen molar-refractivity contribution in [3.8, 4) is 0 Å². The van der Waals surface area contributed by atoms with Gasteiger partial charge >= 0.3 is 7.82 Å². The highest BCUT2D eigenvalue weighted by Crippen LogP contribution is 2.43. The molecule has 442 valence electrons. The number of rotatable bonds is 62. The minimum atomic E-state index is -4.32. The van der Waals surface area contributed by atoms with E-state index in [9.17, 15) is 19.4 Å². The van der Waals surface area contributed by atoms with Crippen LogP contribution in [0.2, 0.25) is 0 Å². The van der Waals surface area contributed by atoms with Gasteiger partial charge in [0.25, 0.3) is 0 Å². The molecule has 9 heteroatoms. The van der Waals surface area contributed by atoms with E-state index in [-0.39, 0.29) is 19.1 Å². The number of phosphoric ester groups is 1. The lowest BCUT2D eigenvalue weighted by molar-refractivity contribution is -0.870. The minimum absolute atomic E-state index is 0.0780. The third-order valence-corrected chi connectivity index (χ3v) is 16.5. The number of phosphoric acid groups is 1. The standard InChI is InChI=1S/C65H131N2O6P/c1-6-8-10-12-14-16-18-20-22-24-25-26-27-28-29-30-31-32-33-34-35-36-37-38-39-40-41-43-45-47-49-51-53-55-57-59-65(69)66-63(62-73-74(70,71)72-61-60-67(3,4)5)64(68)58-56-54-52-50-48-46-44-42-23-21-19-17-15-13-11-9-7-2/h30-31,63-64,68H,6-29,32-62H2,1-5H3,(H-,66,69,70,71)/p+1/b31-30-. The van der Waals surface area contributed by atoms with Gasteiger partial charge in [-0.2, -0.15) is 0 Å². The van der Waals surface area contributed by atoms with E-state index in [0.717, 1.165) is 38.5 Å². The molecule has 74 heavy (non-hydrogen) atoms. The number of amides is 1. The fraction of sp³-hybridized carbons (Fsp3) is 0.954. The van der Waals surface area contributed by atoms with Gasteiger partial charge in [0.05, 0.1) is 39.9 Å². The van der Waals surface area contributed by atoms with Crippen molar-refractivity contribution in [1.29, 1.82) is 0 Å². The van der Waals surface area contributed by atoms with Crippen LogP contribution in [0.25, 0.3) is 0 Å². The predicted molar refractivity (Wildman–Crippen MR) is 323 cm³/mol. The molecule has 0 aliphatic carbocycles. The lowest BCUT2D eigenvalue weighted by Crippen LogP contribution is -2.46. The maximum atomic E-state index is 13.0. The number of hydrogen-bond acceptors (Lipinski definition) is 5. The van der Waals surface area contributed by atoms with Crippen molar-refractivity contribution in [2.45, 2.75) is 360 Å². The third kappa shape index (κ3) is 58.9. The van der Waals surface area contributed by atoms with Gasteiger partial charge in [-0.05, 0) is 38.5 Å². The summed E-state index contributed by atoms with van der Waals surface area (Å²) in [6, 6.07) is -0.757. The van der Waals surface area contributed by atoms with E-state index in [4.69, 9.17) is 9.05 Å². The molecular weight excluding hydrogens is 936 g/mol. The van der Waals surface area contributed by atoms with Crippen molar-refractivity contribution < 1.29 is 32.9 Å². The van der Waals surface area contributed by atoms with Crippen LogP contribution < -0.4 is 5.32 Å². The van der Waals surface area contributed by atoms with E-state index >= 15 is 0 Å². The Labute approximate surface area is 462 Å². The Morgan fingerprint density at radius 3 is 1.04 bits per heavy atom. The van der Waals surface area contributed by atoms with Crippen molar-refractivity contribution >= 4 is 13.7 Å². The summed E-state index contributed by atoms with van der Waals surface area (Å²) in [4.78, 5) is 23.4. The number of unbranched alkanes of at least 4 members (excludes halogenated alkanes) is 47. The van der Waals surface area contributed by atoms with Crippen LogP contribution in [0.1, 0.15) is 348 Å². The highest BCUT2D eigenvalue weighted by Gasteiger charge is 2.28. The highest BCUT2D eigenvalue weighted by molar-refractivity contribution is 7.47. The van der Waals surface area contributed by atoms with Gasteiger partial charge < -0.3 is 19.8 Å². The second kappa shape index (κ2) is 56.9. The lowest BCUT2D eigenvalue weighted by Gasteiger charge is -2.26. The van der Waals surface area contributed by atoms with E-state index in [1.54, 1.807) is 0 Å². The summed E-state index contributed by atoms with van der Waals surface area (Å²) >= 11 is 0. The molecule has 0 radical (unpaired) electrons. The number of hydrogen-bond donors (Lipinski definition) is 3. The minimum Gasteiger partial charge on any atom is -0.391 e. The SMILES string of the molecule is CCCCCCCCCCCCCCCC/C=C\CCCCCCCCCCCCCCCCCCCC(=O)NC(COP(=O)(O)OCC[N+](C)(C)C)C(O)CCCCCCCCCCCCCCCCCCC. The number of likely N-dealkylation sites (N-methyl/N-ethyl adjacent to an activating group) is 1. The Bertz CT molecular complexity index is 1210. The smallest absolute Gasteiger partial charge is 0.391 e. The lowest BCUT2D eigenvalue weighted by atomic mass is 10.0. The topological polar surface area (TPSA) is 105 Å². The number of aliphatic hydroxyl groups excluding tert-OH is 1. The molecule has 0 aromatic carbocycles. The number of nitrogens with zero attached hydrogens (tertiary/aromatic N) is 1. The molecule has 1 amide bonds. The molecule has 0 bridgehead atoms. The Hall–Kier alpha value is -0.760. The molecule has 0 aromatic rings. The number of allylic oxidation sites excluding steroid dienone is 2. The van der Waals surface area contributed by atoms with Gasteiger partial charge in [-0.25, -0.2) is 4.57 Å². The molecule has 0 aliphatic rings. The van der Waals surface area contributed by atoms with Crippen LogP contribution in [-0.4, -0.2) is 73.4 Å². The van der Waals surface area contributed by atoms with E-state index in [1.807, 2.05) is 21.1 Å². The molecule has 0 rings (SSSR count). The first-order valence-electron chi connectivity index (χ1n) is 33.1. The van der Waals surface area contributed by atoms with Gasteiger partial charge in [-0.1, -0.05) is 315 Å². The summed E-state index contributed by atoms with van der Waals surface area (Å²) in [6.45, 7) is 4.95. The summed E-state index contributed by atoms with van der Waals surface area (Å²) < 4.78 is 23.8. The quantitative estimate of drug-likeness (QED) is 0.0243. The van der Waals surface area contributed by atoms with Gasteiger partial charge in [-0.15, -0.1) is 0 Å². The second-order valence-electron chi connectivity index (χ2n) is 24.2. The monoisotopic (exact) mass is 1070 g/mol. The average Bonchev–Trinajstić information content (AvgIpc) is 3.36. The maximum absolute atomic E-state index is 13.0. The Balaban J connectivity index is 3.93. The normalized spacial score (nSPS) is 13.8. The van der Waals surface area contributed by atoms with Crippen molar-refractivity contribution in [3.63, 3.8) is 0 Å². The van der Waals surface area contributed by atoms with Crippen molar-refractivity contribution in [2.24, 2.45) is 0 Å². The molecule has 3 unspecified atom stereocenters. The molecule has 0 saturated heterocycles. The van der Waals surface area contributed by atoms with Gasteiger partial charge in [0.15, 0.2) is 0 Å². The van der Waals surface area contributed by atoms with Gasteiger partial charge in [0.1, 0.15) is 13.2 Å².